The van der Waals surface area contributed by atoms with Gasteiger partial charge in [0.25, 0.3) is 0 Å². The summed E-state index contributed by atoms with van der Waals surface area (Å²) in [6, 6.07) is 0. The van der Waals surface area contributed by atoms with Crippen molar-refractivity contribution < 1.29 is 13.6 Å². The van der Waals surface area contributed by atoms with Crippen LogP contribution in [0.4, 0.5) is 0 Å². The van der Waals surface area contributed by atoms with Gasteiger partial charge >= 0.3 is 0 Å². The fourth-order valence-electron chi connectivity index (χ4n) is 0.611. The molecule has 1 atom stereocenters. The van der Waals surface area contributed by atoms with E-state index in [1.807, 2.05) is 0 Å². The number of nitrogens with two attached hydrogens (primary N) is 1. The first-order valence-electron chi connectivity index (χ1n) is 4.27. The van der Waals surface area contributed by atoms with E-state index in [-0.39, 0.29) is 18.3 Å². The highest BCUT2D eigenvalue weighted by molar-refractivity contribution is 7.90. The van der Waals surface area contributed by atoms with E-state index in [0.29, 0.717) is 0 Å². The quantitative estimate of drug-likeness (QED) is 0.257. The Labute approximate surface area is 84.2 Å². The Hall–Kier alpha value is -0.820. The maximum Gasteiger partial charge on any atom is 0.213 e. The molecular formula is C7H17N3O3S. The van der Waals surface area contributed by atoms with Crippen LogP contribution in [0.2, 0.25) is 0 Å². The van der Waals surface area contributed by atoms with Crippen molar-refractivity contribution in [2.24, 2.45) is 16.8 Å². The van der Waals surface area contributed by atoms with E-state index in [0.717, 1.165) is 0 Å². The summed E-state index contributed by atoms with van der Waals surface area (Å²) in [7, 11) is -3.28. The Balaban J connectivity index is 4.21. The van der Waals surface area contributed by atoms with Gasteiger partial charge in [0.2, 0.25) is 10.0 Å². The summed E-state index contributed by atoms with van der Waals surface area (Å²) < 4.78 is 25.0. The monoisotopic (exact) mass is 223 g/mol. The minimum Gasteiger partial charge on any atom is -0.409 e. The van der Waals surface area contributed by atoms with Gasteiger partial charge in [0.05, 0.1) is 5.25 Å². The maximum absolute atomic E-state index is 11.3. The van der Waals surface area contributed by atoms with E-state index >= 15 is 0 Å². The fourth-order valence-corrected chi connectivity index (χ4v) is 1.43. The van der Waals surface area contributed by atoms with Gasteiger partial charge < -0.3 is 10.9 Å². The minimum absolute atomic E-state index is 0.0106. The van der Waals surface area contributed by atoms with E-state index < -0.39 is 15.3 Å². The zero-order chi connectivity index (χ0) is 11.4. The van der Waals surface area contributed by atoms with E-state index in [9.17, 15) is 8.42 Å². The third-order valence-electron chi connectivity index (χ3n) is 1.83. The highest BCUT2D eigenvalue weighted by Gasteiger charge is 2.17. The maximum atomic E-state index is 11.3. The highest BCUT2D eigenvalue weighted by atomic mass is 32.2. The summed E-state index contributed by atoms with van der Waals surface area (Å²) >= 11 is 0. The van der Waals surface area contributed by atoms with Crippen molar-refractivity contribution in [3.8, 4) is 0 Å². The molecule has 84 valence electrons. The van der Waals surface area contributed by atoms with E-state index in [4.69, 9.17) is 10.9 Å². The number of amidine groups is 1. The van der Waals surface area contributed by atoms with Crippen LogP contribution in [0.5, 0.6) is 0 Å². The number of nitrogens with zero attached hydrogens (tertiary/aromatic N) is 1. The molecule has 6 nitrogen and oxygen atoms in total. The summed E-state index contributed by atoms with van der Waals surface area (Å²) in [5, 5.41) is 10.6. The Morgan fingerprint density at radius 3 is 2.36 bits per heavy atom. The van der Waals surface area contributed by atoms with Gasteiger partial charge in [0.15, 0.2) is 0 Å². The van der Waals surface area contributed by atoms with Gasteiger partial charge in [-0.1, -0.05) is 12.1 Å². The van der Waals surface area contributed by atoms with Crippen molar-refractivity contribution >= 4 is 15.9 Å². The van der Waals surface area contributed by atoms with Gasteiger partial charge in [-0.2, -0.15) is 0 Å². The topological polar surface area (TPSA) is 105 Å². The summed E-state index contributed by atoms with van der Waals surface area (Å²) in [4.78, 5) is 0. The van der Waals surface area contributed by atoms with Crippen LogP contribution in [-0.2, 0) is 10.0 Å². The molecule has 0 aromatic heterocycles. The van der Waals surface area contributed by atoms with Gasteiger partial charge in [-0.15, -0.1) is 0 Å². The first-order valence-corrected chi connectivity index (χ1v) is 5.81. The van der Waals surface area contributed by atoms with E-state index in [1.54, 1.807) is 20.8 Å². The molecule has 7 heteroatoms. The highest BCUT2D eigenvalue weighted by Crippen LogP contribution is 1.99. The zero-order valence-corrected chi connectivity index (χ0v) is 9.37. The lowest BCUT2D eigenvalue weighted by Gasteiger charge is -2.13. The van der Waals surface area contributed by atoms with Crippen molar-refractivity contribution in [3.05, 3.63) is 0 Å². The molecule has 0 aliphatic rings. The third kappa shape index (κ3) is 3.93. The van der Waals surface area contributed by atoms with Crippen LogP contribution in [-0.4, -0.2) is 31.3 Å². The second-order valence-electron chi connectivity index (χ2n) is 3.37. The number of oxime groups is 1. The molecule has 0 aliphatic heterocycles. The molecule has 0 fully saturated rings. The SMILES string of the molecule is CC(CNS(=O)(=O)C(C)C)C(N)=NO. The van der Waals surface area contributed by atoms with Crippen molar-refractivity contribution in [1.82, 2.24) is 4.72 Å². The second-order valence-corrected chi connectivity index (χ2v) is 5.69. The summed E-state index contributed by atoms with van der Waals surface area (Å²) in [6.45, 7) is 4.96. The Morgan fingerprint density at radius 1 is 1.50 bits per heavy atom. The van der Waals surface area contributed by atoms with Crippen LogP contribution in [0.15, 0.2) is 5.16 Å². The van der Waals surface area contributed by atoms with Crippen molar-refractivity contribution in [1.29, 1.82) is 0 Å². The van der Waals surface area contributed by atoms with Crippen LogP contribution in [0.25, 0.3) is 0 Å². The molecule has 0 saturated heterocycles. The summed E-state index contributed by atoms with van der Waals surface area (Å²) in [5.41, 5.74) is 5.29. The predicted octanol–water partition coefficient (Wildman–Crippen LogP) is -0.303. The fraction of sp³-hybridized carbons (Fsp3) is 0.857. The molecule has 4 N–H and O–H groups in total. The molecule has 0 aromatic carbocycles. The normalized spacial score (nSPS) is 15.9. The average molecular weight is 223 g/mol. The molecule has 0 aromatic rings. The number of nitrogens with one attached hydrogen (secondary N) is 1. The van der Waals surface area contributed by atoms with Gasteiger partial charge in [-0.05, 0) is 13.8 Å². The van der Waals surface area contributed by atoms with Crippen molar-refractivity contribution in [2.45, 2.75) is 26.0 Å². The number of sulfonamides is 1. The first kappa shape index (κ1) is 13.2. The van der Waals surface area contributed by atoms with Crippen molar-refractivity contribution in [3.63, 3.8) is 0 Å². The zero-order valence-electron chi connectivity index (χ0n) is 8.56. The molecule has 0 bridgehead atoms. The van der Waals surface area contributed by atoms with Crippen LogP contribution >= 0.6 is 0 Å². The molecule has 1 unspecified atom stereocenters. The van der Waals surface area contributed by atoms with E-state index in [2.05, 4.69) is 9.88 Å². The Morgan fingerprint density at radius 2 is 2.00 bits per heavy atom. The van der Waals surface area contributed by atoms with Crippen LogP contribution in [0.3, 0.4) is 0 Å². The predicted molar refractivity (Wildman–Crippen MR) is 54.6 cm³/mol. The molecule has 0 spiro atoms. The van der Waals surface area contributed by atoms with Gasteiger partial charge in [0, 0.05) is 12.5 Å². The van der Waals surface area contributed by atoms with Gasteiger partial charge in [-0.25, -0.2) is 13.1 Å². The smallest absolute Gasteiger partial charge is 0.213 e. The molecule has 0 amide bonds. The van der Waals surface area contributed by atoms with Gasteiger partial charge in [0.1, 0.15) is 5.84 Å². The molecule has 14 heavy (non-hydrogen) atoms. The minimum atomic E-state index is -3.28. The Kier molecular flexibility index (Phi) is 4.86. The molecule has 0 saturated carbocycles. The lowest BCUT2D eigenvalue weighted by molar-refractivity contribution is 0.314. The third-order valence-corrected chi connectivity index (χ3v) is 3.64. The van der Waals surface area contributed by atoms with Crippen LogP contribution in [0.1, 0.15) is 20.8 Å². The molecule has 0 rings (SSSR count). The van der Waals surface area contributed by atoms with E-state index in [1.165, 1.54) is 0 Å². The molecule has 0 aliphatic carbocycles. The average Bonchev–Trinajstić information content (AvgIpc) is 2.12. The molecular weight excluding hydrogens is 206 g/mol. The van der Waals surface area contributed by atoms with Crippen molar-refractivity contribution in [2.75, 3.05) is 6.54 Å². The Bertz CT molecular complexity index is 297. The lowest BCUT2D eigenvalue weighted by atomic mass is 10.2. The largest absolute Gasteiger partial charge is 0.409 e. The summed E-state index contributed by atoms with van der Waals surface area (Å²) in [5.74, 6) is -0.315. The van der Waals surface area contributed by atoms with Crippen LogP contribution < -0.4 is 10.5 Å². The van der Waals surface area contributed by atoms with Gasteiger partial charge in [-0.3, -0.25) is 0 Å². The number of hydrogen-bond donors (Lipinski definition) is 3. The lowest BCUT2D eigenvalue weighted by Crippen LogP contribution is -2.37. The second kappa shape index (κ2) is 5.16. The molecule has 0 heterocycles. The number of rotatable bonds is 5. The molecule has 0 radical (unpaired) electrons. The summed E-state index contributed by atoms with van der Waals surface area (Å²) in [6.07, 6.45) is 0. The first-order chi connectivity index (χ1) is 6.31. The standard InChI is InChI=1S/C7H17N3O3S/c1-5(2)14(12,13)9-4-6(3)7(8)10-11/h5-6,9,11H,4H2,1-3H3,(H2,8,10). The van der Waals surface area contributed by atoms with Crippen LogP contribution in [0, 0.1) is 5.92 Å². The number of hydrogen-bond acceptors (Lipinski definition) is 4.